The number of hydrogen-bond acceptors (Lipinski definition) is 12. The lowest BCUT2D eigenvalue weighted by atomic mass is 9.82. The molecule has 0 saturated carbocycles. The highest BCUT2D eigenvalue weighted by Gasteiger charge is 2.49. The zero-order valence-electron chi connectivity index (χ0n) is 59.9. The number of allylic oxidation sites excluding steroid dienone is 4. The van der Waals surface area contributed by atoms with Crippen LogP contribution in [0.1, 0.15) is 400 Å². The van der Waals surface area contributed by atoms with Crippen molar-refractivity contribution >= 4 is 35.1 Å². The molecule has 14 nitrogen and oxygen atoms in total. The molecule has 0 radical (unpaired) electrons. The topological polar surface area (TPSA) is 264 Å². The molecule has 0 aliphatic rings. The first kappa shape index (κ1) is 93.0. The fraction of sp³-hybridized carbons (Fsp3) is 0.872. The molecule has 4 atom stereocenters. The molecule has 0 aliphatic heterocycles. The summed E-state index contributed by atoms with van der Waals surface area (Å²) < 4.78 is 0. The van der Waals surface area contributed by atoms with Crippen LogP contribution in [-0.4, -0.2) is 113 Å². The van der Waals surface area contributed by atoms with E-state index >= 15 is 0 Å². The first-order valence-electron chi connectivity index (χ1n) is 38.4. The highest BCUT2D eigenvalue weighted by molar-refractivity contribution is 6.11. The fourth-order valence-corrected chi connectivity index (χ4v) is 11.6. The zero-order chi connectivity index (χ0) is 68.9. The van der Waals surface area contributed by atoms with Crippen molar-refractivity contribution in [1.82, 2.24) is 0 Å². The number of aliphatic hydroxyl groups is 6. The maximum Gasteiger partial charge on any atom is 0.303 e. The van der Waals surface area contributed by atoms with Crippen LogP contribution < -0.4 is 0 Å². The van der Waals surface area contributed by atoms with E-state index < -0.39 is 71.7 Å². The largest absolute Gasteiger partial charge is 0.481 e. The van der Waals surface area contributed by atoms with Crippen LogP contribution in [0.2, 0.25) is 0 Å². The van der Waals surface area contributed by atoms with Crippen molar-refractivity contribution in [3.63, 3.8) is 0 Å². The van der Waals surface area contributed by atoms with Gasteiger partial charge in [-0.15, -0.1) is 0 Å². The number of carboxylic acid groups (broad SMARTS) is 2. The van der Waals surface area contributed by atoms with Crippen molar-refractivity contribution in [2.45, 2.75) is 424 Å². The van der Waals surface area contributed by atoms with Gasteiger partial charge in [0.1, 0.15) is 12.2 Å². The smallest absolute Gasteiger partial charge is 0.303 e. The number of rotatable bonds is 69. The number of unbranched alkanes of at least 4 members (excludes halogenated alkanes) is 46. The standard InChI is InChI=1S/2C37H70O5.C4H6O4/c2*1-3-5-7-9-11-13-15-17-18-20-22-24-26-28-30-32-35(40)37(42,36(41)33-38)34(39)31-29-27-25-23-21-19-16-14-12-10-8-6-4-2;5-3(6)1-2-4(7)8/h2*17-18,36,38,41-42H,3-16,19-33H2,1-2H3;1-2H2,(H,5,6)(H,7,8)/b2*18-17-;. The molecule has 92 heavy (non-hydrogen) atoms. The van der Waals surface area contributed by atoms with Gasteiger partial charge in [-0.05, 0) is 77.0 Å². The Hall–Kier alpha value is -3.14. The van der Waals surface area contributed by atoms with Gasteiger partial charge in [0, 0.05) is 25.7 Å². The van der Waals surface area contributed by atoms with Gasteiger partial charge in [-0.3, -0.25) is 28.8 Å². The molecule has 0 saturated heterocycles. The molecule has 0 bridgehead atoms. The van der Waals surface area contributed by atoms with Crippen molar-refractivity contribution in [2.75, 3.05) is 13.2 Å². The van der Waals surface area contributed by atoms with Crippen LogP contribution in [0.25, 0.3) is 0 Å². The third kappa shape index (κ3) is 57.1. The van der Waals surface area contributed by atoms with Gasteiger partial charge in [0.05, 0.1) is 26.1 Å². The van der Waals surface area contributed by atoms with Gasteiger partial charge in [-0.1, -0.05) is 309 Å². The van der Waals surface area contributed by atoms with E-state index in [0.717, 1.165) is 103 Å². The normalized spacial score (nSPS) is 13.5. The molecule has 0 aliphatic carbocycles. The lowest BCUT2D eigenvalue weighted by Crippen LogP contribution is -2.57. The Bertz CT molecular complexity index is 1630. The Morgan fingerprint density at radius 2 is 0.413 bits per heavy atom. The summed E-state index contributed by atoms with van der Waals surface area (Å²) >= 11 is 0. The first-order valence-corrected chi connectivity index (χ1v) is 38.4. The molecule has 0 amide bonds. The summed E-state index contributed by atoms with van der Waals surface area (Å²) in [4.78, 5) is 70.6. The van der Waals surface area contributed by atoms with Crippen LogP contribution in [-0.2, 0) is 28.8 Å². The lowest BCUT2D eigenvalue weighted by molar-refractivity contribution is -0.167. The second kappa shape index (κ2) is 70.7. The Kier molecular flexibility index (Phi) is 71.5. The van der Waals surface area contributed by atoms with Crippen molar-refractivity contribution in [2.24, 2.45) is 0 Å². The van der Waals surface area contributed by atoms with Crippen molar-refractivity contribution in [3.05, 3.63) is 24.3 Å². The van der Waals surface area contributed by atoms with Gasteiger partial charge in [-0.25, -0.2) is 0 Å². The van der Waals surface area contributed by atoms with Crippen LogP contribution in [0.3, 0.4) is 0 Å². The van der Waals surface area contributed by atoms with Crippen LogP contribution in [0.5, 0.6) is 0 Å². The molecular weight excluding hydrogens is 1160 g/mol. The van der Waals surface area contributed by atoms with E-state index in [2.05, 4.69) is 52.0 Å². The molecular formula is C78H146O14. The van der Waals surface area contributed by atoms with Crippen molar-refractivity contribution < 1.29 is 69.6 Å². The second-order valence-corrected chi connectivity index (χ2v) is 26.6. The summed E-state index contributed by atoms with van der Waals surface area (Å²) in [5.41, 5.74) is -4.96. The number of carbonyl (C=O) groups excluding carboxylic acids is 4. The molecule has 8 N–H and O–H groups in total. The van der Waals surface area contributed by atoms with E-state index in [1.807, 2.05) is 0 Å². The minimum Gasteiger partial charge on any atom is -0.481 e. The molecule has 4 unspecified atom stereocenters. The Morgan fingerprint density at radius 3 is 0.565 bits per heavy atom. The monoisotopic (exact) mass is 1310 g/mol. The number of Topliss-reactive ketones (excluding diaryl/α,β-unsaturated/α-hetero) is 4. The number of ketones is 4. The van der Waals surface area contributed by atoms with Crippen LogP contribution in [0, 0.1) is 0 Å². The number of aliphatic hydroxyl groups excluding tert-OH is 4. The molecule has 14 heteroatoms. The number of aliphatic carboxylic acids is 2. The van der Waals surface area contributed by atoms with Gasteiger partial charge >= 0.3 is 11.9 Å². The fourth-order valence-electron chi connectivity index (χ4n) is 11.6. The quantitative estimate of drug-likeness (QED) is 0.0160. The Balaban J connectivity index is -0.00000153. The van der Waals surface area contributed by atoms with Crippen LogP contribution in [0.15, 0.2) is 24.3 Å². The highest BCUT2D eigenvalue weighted by atomic mass is 16.4. The van der Waals surface area contributed by atoms with E-state index in [-0.39, 0.29) is 38.5 Å². The van der Waals surface area contributed by atoms with E-state index in [4.69, 9.17) is 10.2 Å². The van der Waals surface area contributed by atoms with Crippen molar-refractivity contribution in [1.29, 1.82) is 0 Å². The summed E-state index contributed by atoms with van der Waals surface area (Å²) in [6.07, 6.45) is 66.1. The summed E-state index contributed by atoms with van der Waals surface area (Å²) in [6.45, 7) is 7.37. The molecule has 0 rings (SSSR count). The van der Waals surface area contributed by atoms with Gasteiger partial charge in [-0.2, -0.15) is 0 Å². The lowest BCUT2D eigenvalue weighted by Gasteiger charge is -2.29. The van der Waals surface area contributed by atoms with E-state index in [0.29, 0.717) is 25.7 Å². The van der Waals surface area contributed by atoms with Crippen LogP contribution in [0.4, 0.5) is 0 Å². The average Bonchev–Trinajstić information content (AvgIpc) is 0.853. The second-order valence-electron chi connectivity index (χ2n) is 26.6. The SMILES string of the molecule is CCCCCCCC/C=C\CCCCCCCC(=O)C(O)(C(=O)CCCCCCCCCCCCCCC)C(O)CO.CCCCCCCC/C=C\CCCCCCCC(=O)C(O)(C(=O)CCCCCCCCCCCCCCC)C(O)CO.O=C(O)CCC(=O)O. The average molecular weight is 1310 g/mol. The van der Waals surface area contributed by atoms with Crippen LogP contribution >= 0.6 is 0 Å². The van der Waals surface area contributed by atoms with Gasteiger partial charge in [0.2, 0.25) is 11.2 Å². The van der Waals surface area contributed by atoms with Gasteiger partial charge in [0.25, 0.3) is 0 Å². The molecule has 0 aromatic carbocycles. The Labute approximate surface area is 563 Å². The molecule has 0 heterocycles. The minimum atomic E-state index is -2.48. The highest BCUT2D eigenvalue weighted by Crippen LogP contribution is 2.25. The molecule has 0 spiro atoms. The summed E-state index contributed by atoms with van der Waals surface area (Å²) in [5, 5.41) is 76.9. The first-order chi connectivity index (χ1) is 44.5. The maximum atomic E-state index is 12.8. The van der Waals surface area contributed by atoms with E-state index in [1.54, 1.807) is 0 Å². The maximum absolute atomic E-state index is 12.8. The van der Waals surface area contributed by atoms with Gasteiger partial charge < -0.3 is 40.9 Å². The Morgan fingerprint density at radius 1 is 0.261 bits per heavy atom. The molecule has 0 aromatic rings. The van der Waals surface area contributed by atoms with E-state index in [9.17, 15) is 59.4 Å². The number of hydrogen-bond donors (Lipinski definition) is 8. The number of carbonyl (C=O) groups is 6. The third-order valence-corrected chi connectivity index (χ3v) is 17.9. The predicted octanol–water partition coefficient (Wildman–Crippen LogP) is 19.4. The summed E-state index contributed by atoms with van der Waals surface area (Å²) in [6, 6.07) is 0. The molecule has 542 valence electrons. The summed E-state index contributed by atoms with van der Waals surface area (Å²) in [7, 11) is 0. The molecule has 0 fully saturated rings. The number of carboxylic acids is 2. The van der Waals surface area contributed by atoms with Gasteiger partial charge in [0.15, 0.2) is 23.1 Å². The van der Waals surface area contributed by atoms with E-state index in [1.165, 1.54) is 205 Å². The predicted molar refractivity (Wildman–Crippen MR) is 380 cm³/mol. The third-order valence-electron chi connectivity index (χ3n) is 17.9. The minimum absolute atomic E-state index is 0.0516. The zero-order valence-corrected chi connectivity index (χ0v) is 59.9. The molecule has 0 aromatic heterocycles. The van der Waals surface area contributed by atoms with Crippen molar-refractivity contribution in [3.8, 4) is 0 Å². The summed E-state index contributed by atoms with van der Waals surface area (Å²) in [5.74, 6) is -4.75.